The Morgan fingerprint density at radius 3 is 3.11 bits per heavy atom. The van der Waals surface area contributed by atoms with E-state index in [0.29, 0.717) is 11.7 Å². The number of nitrogens with one attached hydrogen (secondary N) is 1. The molecular formula is C14H22FN3. The summed E-state index contributed by atoms with van der Waals surface area (Å²) in [5, 5.41) is 3.41. The van der Waals surface area contributed by atoms with Crippen LogP contribution in [0.15, 0.2) is 18.3 Å². The molecule has 2 rings (SSSR count). The molecule has 0 saturated carbocycles. The molecule has 100 valence electrons. The zero-order chi connectivity index (χ0) is 12.8. The van der Waals surface area contributed by atoms with Gasteiger partial charge in [-0.25, -0.2) is 9.37 Å². The highest BCUT2D eigenvalue weighted by atomic mass is 19.1. The Morgan fingerprint density at radius 2 is 2.44 bits per heavy atom. The lowest BCUT2D eigenvalue weighted by Gasteiger charge is -2.30. The number of hydrogen-bond acceptors (Lipinski definition) is 3. The summed E-state index contributed by atoms with van der Waals surface area (Å²) >= 11 is 0. The van der Waals surface area contributed by atoms with Crippen molar-refractivity contribution in [1.82, 2.24) is 10.3 Å². The second kappa shape index (κ2) is 6.69. The molecule has 0 spiro atoms. The number of nitrogens with zero attached hydrogens (tertiary/aromatic N) is 2. The second-order valence-corrected chi connectivity index (χ2v) is 4.97. The summed E-state index contributed by atoms with van der Waals surface area (Å²) in [6, 6.07) is 3.13. The first-order valence-corrected chi connectivity index (χ1v) is 6.87. The predicted octanol–water partition coefficient (Wildman–Crippen LogP) is 2.44. The molecule has 3 nitrogen and oxygen atoms in total. The fourth-order valence-electron chi connectivity index (χ4n) is 2.56. The van der Waals surface area contributed by atoms with Crippen molar-refractivity contribution < 1.29 is 4.39 Å². The third kappa shape index (κ3) is 3.42. The van der Waals surface area contributed by atoms with E-state index in [2.05, 4.69) is 22.1 Å². The Balaban J connectivity index is 2.05. The minimum atomic E-state index is -0.213. The largest absolute Gasteiger partial charge is 0.354 e. The predicted molar refractivity (Wildman–Crippen MR) is 72.3 cm³/mol. The third-order valence-electron chi connectivity index (χ3n) is 3.41. The van der Waals surface area contributed by atoms with E-state index in [4.69, 9.17) is 0 Å². The highest BCUT2D eigenvalue weighted by molar-refractivity contribution is 5.39. The van der Waals surface area contributed by atoms with Crippen LogP contribution in [0.5, 0.6) is 0 Å². The number of piperidine rings is 1. The number of pyridine rings is 1. The van der Waals surface area contributed by atoms with Crippen molar-refractivity contribution in [2.45, 2.75) is 26.2 Å². The van der Waals surface area contributed by atoms with Crippen molar-refractivity contribution in [2.75, 3.05) is 31.1 Å². The summed E-state index contributed by atoms with van der Waals surface area (Å²) in [6.07, 6.45) is 5.12. The first kappa shape index (κ1) is 13.3. The Labute approximate surface area is 108 Å². The van der Waals surface area contributed by atoms with E-state index in [-0.39, 0.29) is 5.82 Å². The Morgan fingerprint density at radius 1 is 1.56 bits per heavy atom. The van der Waals surface area contributed by atoms with Gasteiger partial charge in [-0.3, -0.25) is 0 Å². The van der Waals surface area contributed by atoms with Crippen LogP contribution in [0.4, 0.5) is 10.2 Å². The molecule has 1 aromatic rings. The molecule has 0 aliphatic carbocycles. The number of rotatable bonds is 5. The first-order valence-electron chi connectivity index (χ1n) is 6.87. The molecule has 0 bridgehead atoms. The van der Waals surface area contributed by atoms with Gasteiger partial charge in [-0.2, -0.15) is 0 Å². The molecule has 18 heavy (non-hydrogen) atoms. The molecule has 1 saturated heterocycles. The van der Waals surface area contributed by atoms with E-state index >= 15 is 0 Å². The molecular weight excluding hydrogens is 229 g/mol. The van der Waals surface area contributed by atoms with Gasteiger partial charge in [-0.05, 0) is 50.4 Å². The van der Waals surface area contributed by atoms with Gasteiger partial charge in [-0.1, -0.05) is 6.92 Å². The fraction of sp³-hybridized carbons (Fsp3) is 0.643. The maximum atomic E-state index is 13.8. The molecule has 1 fully saturated rings. The van der Waals surface area contributed by atoms with Crippen LogP contribution in [0.3, 0.4) is 0 Å². The normalized spacial score (nSPS) is 19.8. The number of halogens is 1. The summed E-state index contributed by atoms with van der Waals surface area (Å²) in [5.41, 5.74) is 0. The summed E-state index contributed by atoms with van der Waals surface area (Å²) in [6.45, 7) is 6.03. The highest BCUT2D eigenvalue weighted by Gasteiger charge is 2.19. The van der Waals surface area contributed by atoms with E-state index in [1.54, 1.807) is 12.3 Å². The van der Waals surface area contributed by atoms with Gasteiger partial charge in [0.05, 0.1) is 0 Å². The lowest BCUT2D eigenvalue weighted by Crippen LogP contribution is -2.39. The quantitative estimate of drug-likeness (QED) is 0.871. The van der Waals surface area contributed by atoms with E-state index in [1.807, 2.05) is 0 Å². The van der Waals surface area contributed by atoms with Gasteiger partial charge in [0.1, 0.15) is 0 Å². The molecule has 0 aromatic carbocycles. The topological polar surface area (TPSA) is 28.2 Å². The summed E-state index contributed by atoms with van der Waals surface area (Å²) in [7, 11) is 0. The van der Waals surface area contributed by atoms with Gasteiger partial charge in [0.25, 0.3) is 0 Å². The summed E-state index contributed by atoms with van der Waals surface area (Å²) < 4.78 is 13.8. The monoisotopic (exact) mass is 251 g/mol. The molecule has 1 aliphatic heterocycles. The molecule has 2 heterocycles. The smallest absolute Gasteiger partial charge is 0.165 e. The second-order valence-electron chi connectivity index (χ2n) is 4.97. The molecule has 4 heteroatoms. The zero-order valence-corrected chi connectivity index (χ0v) is 11.0. The van der Waals surface area contributed by atoms with Crippen LogP contribution in [0.2, 0.25) is 0 Å². The van der Waals surface area contributed by atoms with Crippen molar-refractivity contribution in [1.29, 1.82) is 0 Å². The lowest BCUT2D eigenvalue weighted by molar-refractivity contribution is 0.375. The van der Waals surface area contributed by atoms with Crippen LogP contribution >= 0.6 is 0 Å². The molecule has 0 amide bonds. The van der Waals surface area contributed by atoms with Gasteiger partial charge in [0, 0.05) is 19.3 Å². The average molecular weight is 251 g/mol. The Bertz CT molecular complexity index is 364. The molecule has 1 aromatic heterocycles. The van der Waals surface area contributed by atoms with Gasteiger partial charge in [0.15, 0.2) is 11.6 Å². The van der Waals surface area contributed by atoms with E-state index in [1.165, 1.54) is 18.9 Å². The van der Waals surface area contributed by atoms with Crippen LogP contribution in [-0.4, -0.2) is 31.2 Å². The lowest BCUT2D eigenvalue weighted by atomic mass is 9.99. The zero-order valence-electron chi connectivity index (χ0n) is 11.0. The third-order valence-corrected chi connectivity index (χ3v) is 3.41. The van der Waals surface area contributed by atoms with E-state index in [9.17, 15) is 4.39 Å². The first-order chi connectivity index (χ1) is 8.81. The van der Waals surface area contributed by atoms with Crippen molar-refractivity contribution in [3.63, 3.8) is 0 Å². The minimum Gasteiger partial charge on any atom is -0.354 e. The fourth-order valence-corrected chi connectivity index (χ4v) is 2.56. The van der Waals surface area contributed by atoms with Gasteiger partial charge < -0.3 is 10.2 Å². The van der Waals surface area contributed by atoms with Crippen molar-refractivity contribution >= 4 is 5.82 Å². The van der Waals surface area contributed by atoms with E-state index in [0.717, 1.165) is 32.6 Å². The van der Waals surface area contributed by atoms with Crippen LogP contribution in [0.25, 0.3) is 0 Å². The van der Waals surface area contributed by atoms with Crippen molar-refractivity contribution in [3.8, 4) is 0 Å². The van der Waals surface area contributed by atoms with Crippen molar-refractivity contribution in [3.05, 3.63) is 24.1 Å². The molecule has 1 atom stereocenters. The SMILES string of the molecule is CCCN(CC1CCCNC1)c1ncccc1F. The Hall–Kier alpha value is -1.16. The number of aromatic nitrogens is 1. The molecule has 1 N–H and O–H groups in total. The van der Waals surface area contributed by atoms with Crippen LogP contribution in [0.1, 0.15) is 26.2 Å². The maximum Gasteiger partial charge on any atom is 0.165 e. The average Bonchev–Trinajstić information content (AvgIpc) is 2.40. The maximum absolute atomic E-state index is 13.8. The number of anilines is 1. The minimum absolute atomic E-state index is 0.213. The summed E-state index contributed by atoms with van der Waals surface area (Å²) in [4.78, 5) is 6.28. The van der Waals surface area contributed by atoms with Crippen LogP contribution in [0, 0.1) is 11.7 Å². The van der Waals surface area contributed by atoms with Crippen LogP contribution < -0.4 is 10.2 Å². The highest BCUT2D eigenvalue weighted by Crippen LogP contribution is 2.19. The summed E-state index contributed by atoms with van der Waals surface area (Å²) in [5.74, 6) is 0.895. The molecule has 1 unspecified atom stereocenters. The van der Waals surface area contributed by atoms with Gasteiger partial charge in [0.2, 0.25) is 0 Å². The van der Waals surface area contributed by atoms with Crippen molar-refractivity contribution in [2.24, 2.45) is 5.92 Å². The standard InChI is InChI=1S/C14H22FN3/c1-2-9-18(11-12-5-3-7-16-10-12)14-13(15)6-4-8-17-14/h4,6,8,12,16H,2-3,5,7,9-11H2,1H3. The molecule has 1 aliphatic rings. The molecule has 0 radical (unpaired) electrons. The number of hydrogen-bond donors (Lipinski definition) is 1. The Kier molecular flexibility index (Phi) is 4.93. The van der Waals surface area contributed by atoms with Gasteiger partial charge >= 0.3 is 0 Å². The van der Waals surface area contributed by atoms with E-state index < -0.39 is 0 Å². The van der Waals surface area contributed by atoms with Crippen LogP contribution in [-0.2, 0) is 0 Å². The van der Waals surface area contributed by atoms with Gasteiger partial charge in [-0.15, -0.1) is 0 Å².